The molecule has 134 valence electrons. The molecule has 0 aliphatic carbocycles. The van der Waals surface area contributed by atoms with E-state index < -0.39 is 37.1 Å². The third kappa shape index (κ3) is 6.47. The highest BCUT2D eigenvalue weighted by atomic mass is 19.4. The number of amides is 1. The Bertz CT molecular complexity index is 575. The molecule has 1 aromatic rings. The Labute approximate surface area is 137 Å². The quantitative estimate of drug-likeness (QED) is 0.758. The first-order valence-corrected chi connectivity index (χ1v) is 7.44. The van der Waals surface area contributed by atoms with Crippen molar-refractivity contribution in [2.24, 2.45) is 0 Å². The van der Waals surface area contributed by atoms with Crippen LogP contribution < -0.4 is 10.1 Å². The Morgan fingerprint density at radius 1 is 1.29 bits per heavy atom. The molecular formula is C16H20F3NO4. The molecule has 1 amide bonds. The number of carboxylic acid groups (broad SMARTS) is 1. The maximum Gasteiger partial charge on any atom is 0.391 e. The van der Waals surface area contributed by atoms with Crippen molar-refractivity contribution in [3.8, 4) is 5.75 Å². The van der Waals surface area contributed by atoms with Gasteiger partial charge in [0.15, 0.2) is 6.61 Å². The van der Waals surface area contributed by atoms with E-state index >= 15 is 0 Å². The van der Waals surface area contributed by atoms with Crippen LogP contribution >= 0.6 is 0 Å². The van der Waals surface area contributed by atoms with Gasteiger partial charge in [-0.3, -0.25) is 4.79 Å². The van der Waals surface area contributed by atoms with Crippen molar-refractivity contribution in [1.82, 2.24) is 5.32 Å². The van der Waals surface area contributed by atoms with Gasteiger partial charge in [0.2, 0.25) is 0 Å². The third-order valence-corrected chi connectivity index (χ3v) is 3.49. The molecule has 0 saturated heterocycles. The van der Waals surface area contributed by atoms with Crippen LogP contribution in [0.25, 0.3) is 0 Å². The van der Waals surface area contributed by atoms with Gasteiger partial charge in [0.05, 0.1) is 6.42 Å². The first kappa shape index (κ1) is 19.8. The average molecular weight is 347 g/mol. The Morgan fingerprint density at radius 3 is 2.46 bits per heavy atom. The van der Waals surface area contributed by atoms with Crippen molar-refractivity contribution in [2.45, 2.75) is 44.8 Å². The molecule has 0 aliphatic rings. The highest BCUT2D eigenvalue weighted by molar-refractivity contribution is 5.84. The number of halogens is 3. The van der Waals surface area contributed by atoms with E-state index in [2.05, 4.69) is 0 Å². The van der Waals surface area contributed by atoms with Gasteiger partial charge < -0.3 is 15.2 Å². The minimum absolute atomic E-state index is 0.182. The zero-order valence-corrected chi connectivity index (χ0v) is 13.4. The summed E-state index contributed by atoms with van der Waals surface area (Å²) in [6.45, 7) is 3.41. The number of para-hydroxylation sites is 1. The molecule has 0 radical (unpaired) electrons. The number of hydrogen-bond acceptors (Lipinski definition) is 3. The van der Waals surface area contributed by atoms with Crippen molar-refractivity contribution in [3.05, 3.63) is 29.8 Å². The molecule has 0 saturated carbocycles. The van der Waals surface area contributed by atoms with Gasteiger partial charge >= 0.3 is 12.1 Å². The van der Waals surface area contributed by atoms with E-state index in [1.165, 1.54) is 0 Å². The molecule has 0 aliphatic heterocycles. The summed E-state index contributed by atoms with van der Waals surface area (Å²) in [5.41, 5.74) is 0.873. The third-order valence-electron chi connectivity index (χ3n) is 3.49. The Morgan fingerprint density at radius 2 is 1.92 bits per heavy atom. The van der Waals surface area contributed by atoms with Crippen LogP contribution in [0.15, 0.2) is 24.3 Å². The zero-order chi connectivity index (χ0) is 18.3. The molecule has 0 fully saturated rings. The Hall–Kier alpha value is -2.25. The lowest BCUT2D eigenvalue weighted by molar-refractivity contribution is -0.160. The van der Waals surface area contributed by atoms with E-state index in [1.54, 1.807) is 12.1 Å². The summed E-state index contributed by atoms with van der Waals surface area (Å²) < 4.78 is 42.3. The summed E-state index contributed by atoms with van der Waals surface area (Å²) >= 11 is 0. The lowest BCUT2D eigenvalue weighted by Gasteiger charge is -2.18. The highest BCUT2D eigenvalue weighted by Crippen LogP contribution is 2.28. The van der Waals surface area contributed by atoms with Crippen LogP contribution in [0.4, 0.5) is 13.2 Å². The minimum atomic E-state index is -4.69. The highest BCUT2D eigenvalue weighted by Gasteiger charge is 2.36. The first-order chi connectivity index (χ1) is 11.1. The first-order valence-electron chi connectivity index (χ1n) is 7.44. The smallest absolute Gasteiger partial charge is 0.391 e. The van der Waals surface area contributed by atoms with Crippen LogP contribution in [0.1, 0.15) is 38.2 Å². The second-order valence-corrected chi connectivity index (χ2v) is 5.41. The van der Waals surface area contributed by atoms with Gasteiger partial charge in [0.1, 0.15) is 11.8 Å². The molecule has 1 aromatic carbocycles. The molecule has 1 rings (SSSR count). The summed E-state index contributed by atoms with van der Waals surface area (Å²) in [6, 6.07) is 4.98. The summed E-state index contributed by atoms with van der Waals surface area (Å²) in [5, 5.41) is 10.6. The molecule has 5 nitrogen and oxygen atoms in total. The van der Waals surface area contributed by atoms with E-state index in [0.717, 1.165) is 12.0 Å². The average Bonchev–Trinajstić information content (AvgIpc) is 2.50. The molecule has 2 unspecified atom stereocenters. The molecule has 0 heterocycles. The van der Waals surface area contributed by atoms with Crippen molar-refractivity contribution in [2.75, 3.05) is 6.61 Å². The maximum atomic E-state index is 12.3. The van der Waals surface area contributed by atoms with Crippen LogP contribution in [-0.2, 0) is 9.59 Å². The molecule has 2 N–H and O–H groups in total. The lowest BCUT2D eigenvalue weighted by atomic mass is 9.98. The SMILES string of the molecule is CCC(C)c1ccccc1OCC(=O)NC(CC(F)(F)F)C(=O)O. The zero-order valence-electron chi connectivity index (χ0n) is 13.4. The number of alkyl halides is 3. The Kier molecular flexibility index (Phi) is 7.06. The summed E-state index contributed by atoms with van der Waals surface area (Å²) in [5.74, 6) is -2.04. The molecular weight excluding hydrogens is 327 g/mol. The minimum Gasteiger partial charge on any atom is -0.483 e. The summed E-state index contributed by atoms with van der Waals surface area (Å²) in [4.78, 5) is 22.5. The van der Waals surface area contributed by atoms with Crippen LogP contribution in [0.5, 0.6) is 5.75 Å². The second kappa shape index (κ2) is 8.56. The molecule has 8 heteroatoms. The van der Waals surface area contributed by atoms with Gasteiger partial charge in [0.25, 0.3) is 5.91 Å². The number of carbonyl (C=O) groups is 2. The monoisotopic (exact) mass is 347 g/mol. The van der Waals surface area contributed by atoms with Gasteiger partial charge in [-0.15, -0.1) is 0 Å². The van der Waals surface area contributed by atoms with Crippen LogP contribution in [0, 0.1) is 0 Å². The summed E-state index contributed by atoms with van der Waals surface area (Å²) in [6.07, 6.45) is -5.49. The van der Waals surface area contributed by atoms with E-state index in [1.807, 2.05) is 31.3 Å². The van der Waals surface area contributed by atoms with Crippen molar-refractivity contribution < 1.29 is 32.6 Å². The van der Waals surface area contributed by atoms with Crippen LogP contribution in [0.2, 0.25) is 0 Å². The number of ether oxygens (including phenoxy) is 1. The number of carboxylic acids is 1. The topological polar surface area (TPSA) is 75.6 Å². The fourth-order valence-corrected chi connectivity index (χ4v) is 2.05. The predicted molar refractivity (Wildman–Crippen MR) is 80.9 cm³/mol. The standard InChI is InChI=1S/C16H20F3NO4/c1-3-10(2)11-6-4-5-7-13(11)24-9-14(21)20-12(15(22)23)8-16(17,18)19/h4-7,10,12H,3,8-9H2,1-2H3,(H,20,21)(H,22,23). The number of hydrogen-bond donors (Lipinski definition) is 2. The molecule has 2 atom stereocenters. The van der Waals surface area contributed by atoms with Gasteiger partial charge in [0, 0.05) is 0 Å². The molecule has 0 spiro atoms. The van der Waals surface area contributed by atoms with Crippen molar-refractivity contribution >= 4 is 11.9 Å². The number of benzene rings is 1. The van der Waals surface area contributed by atoms with E-state index in [-0.39, 0.29) is 5.92 Å². The van der Waals surface area contributed by atoms with E-state index in [9.17, 15) is 22.8 Å². The number of aliphatic carboxylic acids is 1. The molecule has 0 bridgehead atoms. The predicted octanol–water partition coefficient (Wildman–Crippen LogP) is 3.10. The maximum absolute atomic E-state index is 12.3. The van der Waals surface area contributed by atoms with Gasteiger partial charge in [-0.25, -0.2) is 4.79 Å². The lowest BCUT2D eigenvalue weighted by Crippen LogP contribution is -2.45. The second-order valence-electron chi connectivity index (χ2n) is 5.41. The van der Waals surface area contributed by atoms with Gasteiger partial charge in [-0.05, 0) is 24.0 Å². The number of nitrogens with one attached hydrogen (secondary N) is 1. The molecule has 24 heavy (non-hydrogen) atoms. The summed E-state index contributed by atoms with van der Waals surface area (Å²) in [7, 11) is 0. The molecule has 0 aromatic heterocycles. The Balaban J connectivity index is 2.67. The normalized spacial score (nSPS) is 13.9. The number of rotatable bonds is 8. The van der Waals surface area contributed by atoms with Gasteiger partial charge in [-0.2, -0.15) is 13.2 Å². The van der Waals surface area contributed by atoms with Crippen molar-refractivity contribution in [3.63, 3.8) is 0 Å². The van der Waals surface area contributed by atoms with Crippen molar-refractivity contribution in [1.29, 1.82) is 0 Å². The fraction of sp³-hybridized carbons (Fsp3) is 0.500. The number of carbonyl (C=O) groups excluding carboxylic acids is 1. The van der Waals surface area contributed by atoms with Gasteiger partial charge in [-0.1, -0.05) is 32.0 Å². The largest absolute Gasteiger partial charge is 0.483 e. The van der Waals surface area contributed by atoms with Crippen LogP contribution in [0.3, 0.4) is 0 Å². The van der Waals surface area contributed by atoms with E-state index in [4.69, 9.17) is 9.84 Å². The van der Waals surface area contributed by atoms with E-state index in [0.29, 0.717) is 5.75 Å². The van der Waals surface area contributed by atoms with Crippen LogP contribution in [-0.4, -0.2) is 35.8 Å². The fourth-order valence-electron chi connectivity index (χ4n) is 2.05.